The molecule has 21 heavy (non-hydrogen) atoms. The van der Waals surface area contributed by atoms with Gasteiger partial charge in [0, 0.05) is 18.2 Å². The molecule has 2 aromatic rings. The molecule has 1 aromatic heterocycles. The van der Waals surface area contributed by atoms with Crippen molar-refractivity contribution in [2.45, 2.75) is 19.4 Å². The largest absolute Gasteiger partial charge is 0.310 e. The second-order valence-corrected chi connectivity index (χ2v) is 8.27. The summed E-state index contributed by atoms with van der Waals surface area (Å²) in [5, 5.41) is 14.1. The van der Waals surface area contributed by atoms with E-state index in [1.54, 1.807) is 23.5 Å². The van der Waals surface area contributed by atoms with Crippen molar-refractivity contribution in [1.29, 1.82) is 0 Å². The third kappa shape index (κ3) is 4.35. The van der Waals surface area contributed by atoms with Gasteiger partial charge in [-0.2, -0.15) is 0 Å². The molecule has 4 nitrogen and oxygen atoms in total. The first kappa shape index (κ1) is 16.6. The molecule has 0 saturated carbocycles. The van der Waals surface area contributed by atoms with Crippen LogP contribution >= 0.6 is 43.2 Å². The number of benzene rings is 1. The number of nitrogens with zero attached hydrogens (tertiary/aromatic N) is 1. The molecule has 0 amide bonds. The van der Waals surface area contributed by atoms with E-state index in [1.165, 1.54) is 5.56 Å². The lowest BCUT2D eigenvalue weighted by atomic mass is 10.0. The highest BCUT2D eigenvalue weighted by Gasteiger charge is 2.17. The first-order valence-corrected chi connectivity index (χ1v) is 8.83. The molecular formula is C14H14Br2N2O2S. The van der Waals surface area contributed by atoms with Crippen molar-refractivity contribution in [3.63, 3.8) is 0 Å². The second-order valence-electron chi connectivity index (χ2n) is 4.52. The minimum atomic E-state index is -0.377. The fraction of sp³-hybridized carbons (Fsp3) is 0.286. The zero-order chi connectivity index (χ0) is 15.4. The number of hydrogen-bond acceptors (Lipinski definition) is 4. The summed E-state index contributed by atoms with van der Waals surface area (Å²) >= 11 is 8.73. The number of nitrogens with one attached hydrogen (secondary N) is 1. The Morgan fingerprint density at radius 3 is 2.48 bits per heavy atom. The van der Waals surface area contributed by atoms with E-state index in [2.05, 4.69) is 50.2 Å². The molecule has 1 atom stereocenters. The summed E-state index contributed by atoms with van der Waals surface area (Å²) in [5.41, 5.74) is 2.39. The molecule has 0 radical (unpaired) electrons. The van der Waals surface area contributed by atoms with Crippen molar-refractivity contribution in [3.8, 4) is 0 Å². The van der Waals surface area contributed by atoms with Gasteiger partial charge in [-0.3, -0.25) is 10.1 Å². The molecule has 1 aromatic carbocycles. The fourth-order valence-electron chi connectivity index (χ4n) is 2.12. The summed E-state index contributed by atoms with van der Waals surface area (Å²) in [6.07, 6.45) is 0.785. The maximum atomic E-state index is 10.7. The zero-order valence-electron chi connectivity index (χ0n) is 11.3. The van der Waals surface area contributed by atoms with Crippen molar-refractivity contribution in [3.05, 3.63) is 59.1 Å². The third-order valence-corrected chi connectivity index (χ3v) is 5.48. The van der Waals surface area contributed by atoms with Crippen LogP contribution in [-0.4, -0.2) is 11.5 Å². The highest BCUT2D eigenvalue weighted by atomic mass is 79.9. The number of thiophene rings is 1. The van der Waals surface area contributed by atoms with Crippen LogP contribution < -0.4 is 5.32 Å². The van der Waals surface area contributed by atoms with Gasteiger partial charge < -0.3 is 5.32 Å². The number of rotatable bonds is 6. The summed E-state index contributed by atoms with van der Waals surface area (Å²) in [5.74, 6) is 0. The maximum absolute atomic E-state index is 10.7. The average molecular weight is 434 g/mol. The number of halogens is 2. The molecule has 0 aliphatic carbocycles. The monoisotopic (exact) mass is 432 g/mol. The summed E-state index contributed by atoms with van der Waals surface area (Å²) in [6.45, 7) is 2.93. The Hall–Kier alpha value is -0.760. The standard InChI is InChI=1S/C14H14Br2N2O2S/c1-2-17-12(11-8-13(15)21-14(11)16)7-9-3-5-10(6-4-9)18(19)20/h3-6,8,12,17H,2,7H2,1H3. The Morgan fingerprint density at radius 2 is 2.00 bits per heavy atom. The second kappa shape index (κ2) is 7.49. The SMILES string of the molecule is CCNC(Cc1ccc([N+](=O)[O-])cc1)c1cc(Br)sc1Br. The van der Waals surface area contributed by atoms with E-state index in [4.69, 9.17) is 0 Å². The van der Waals surface area contributed by atoms with Crippen molar-refractivity contribution >= 4 is 48.9 Å². The molecule has 0 bridgehead atoms. The molecule has 0 fully saturated rings. The molecule has 112 valence electrons. The van der Waals surface area contributed by atoms with Crippen LogP contribution in [0.3, 0.4) is 0 Å². The number of non-ortho nitro benzene ring substituents is 1. The summed E-state index contributed by atoms with van der Waals surface area (Å²) in [7, 11) is 0. The molecule has 7 heteroatoms. The van der Waals surface area contributed by atoms with Gasteiger partial charge in [-0.1, -0.05) is 19.1 Å². The predicted molar refractivity (Wildman–Crippen MR) is 92.9 cm³/mol. The minimum absolute atomic E-state index is 0.123. The summed E-state index contributed by atoms with van der Waals surface area (Å²) in [6, 6.07) is 9.02. The predicted octanol–water partition coefficient (Wildman–Crippen LogP) is 5.07. The van der Waals surface area contributed by atoms with Crippen LogP contribution in [-0.2, 0) is 6.42 Å². The molecule has 0 aliphatic rings. The van der Waals surface area contributed by atoms with Gasteiger partial charge in [-0.15, -0.1) is 11.3 Å². The Balaban J connectivity index is 2.20. The lowest BCUT2D eigenvalue weighted by molar-refractivity contribution is -0.384. The zero-order valence-corrected chi connectivity index (χ0v) is 15.3. The van der Waals surface area contributed by atoms with Gasteiger partial charge in [0.05, 0.1) is 12.5 Å². The highest BCUT2D eigenvalue weighted by molar-refractivity contribution is 9.12. The maximum Gasteiger partial charge on any atom is 0.269 e. The molecular weight excluding hydrogens is 420 g/mol. The topological polar surface area (TPSA) is 55.2 Å². The van der Waals surface area contributed by atoms with Crippen molar-refractivity contribution in [2.24, 2.45) is 0 Å². The number of hydrogen-bond donors (Lipinski definition) is 1. The number of likely N-dealkylation sites (N-methyl/N-ethyl adjacent to an activating group) is 1. The average Bonchev–Trinajstić information content (AvgIpc) is 2.78. The van der Waals surface area contributed by atoms with E-state index in [0.717, 1.165) is 26.1 Å². The molecule has 1 heterocycles. The van der Waals surface area contributed by atoms with E-state index in [-0.39, 0.29) is 16.7 Å². The normalized spacial score (nSPS) is 12.3. The lowest BCUT2D eigenvalue weighted by Gasteiger charge is -2.17. The van der Waals surface area contributed by atoms with Crippen LogP contribution in [0.4, 0.5) is 5.69 Å². The van der Waals surface area contributed by atoms with Crippen molar-refractivity contribution in [2.75, 3.05) is 6.54 Å². The Labute approximate surface area is 144 Å². The van der Waals surface area contributed by atoms with Crippen molar-refractivity contribution < 1.29 is 4.92 Å². The molecule has 1 unspecified atom stereocenters. The molecule has 0 aliphatic heterocycles. The lowest BCUT2D eigenvalue weighted by Crippen LogP contribution is -2.22. The van der Waals surface area contributed by atoms with Gasteiger partial charge in [-0.05, 0) is 62.0 Å². The molecule has 2 rings (SSSR count). The highest BCUT2D eigenvalue weighted by Crippen LogP contribution is 2.36. The van der Waals surface area contributed by atoms with Crippen LogP contribution in [0.2, 0.25) is 0 Å². The first-order valence-electron chi connectivity index (χ1n) is 6.42. The molecule has 0 spiro atoms. The van der Waals surface area contributed by atoms with Crippen molar-refractivity contribution in [1.82, 2.24) is 5.32 Å². The smallest absolute Gasteiger partial charge is 0.269 e. The fourth-order valence-corrected chi connectivity index (χ4v) is 5.09. The Kier molecular flexibility index (Phi) is 5.92. The van der Waals surface area contributed by atoms with Crippen LogP contribution in [0, 0.1) is 10.1 Å². The van der Waals surface area contributed by atoms with E-state index < -0.39 is 0 Å². The Bertz CT molecular complexity index is 628. The van der Waals surface area contributed by atoms with E-state index in [1.807, 2.05) is 12.1 Å². The van der Waals surface area contributed by atoms with Gasteiger partial charge in [0.25, 0.3) is 5.69 Å². The molecule has 1 N–H and O–H groups in total. The summed E-state index contributed by atoms with van der Waals surface area (Å²) in [4.78, 5) is 10.3. The van der Waals surface area contributed by atoms with E-state index in [9.17, 15) is 10.1 Å². The minimum Gasteiger partial charge on any atom is -0.310 e. The van der Waals surface area contributed by atoms with Crippen LogP contribution in [0.5, 0.6) is 0 Å². The Morgan fingerprint density at radius 1 is 1.33 bits per heavy atom. The van der Waals surface area contributed by atoms with E-state index >= 15 is 0 Å². The number of nitro benzene ring substituents is 1. The van der Waals surface area contributed by atoms with Crippen LogP contribution in [0.15, 0.2) is 37.9 Å². The van der Waals surface area contributed by atoms with E-state index in [0.29, 0.717) is 0 Å². The van der Waals surface area contributed by atoms with Gasteiger partial charge in [0.1, 0.15) is 0 Å². The summed E-state index contributed by atoms with van der Waals surface area (Å²) < 4.78 is 2.18. The van der Waals surface area contributed by atoms with Gasteiger partial charge >= 0.3 is 0 Å². The van der Waals surface area contributed by atoms with Gasteiger partial charge in [0.15, 0.2) is 0 Å². The first-order chi connectivity index (χ1) is 10.0. The van der Waals surface area contributed by atoms with Crippen LogP contribution in [0.25, 0.3) is 0 Å². The van der Waals surface area contributed by atoms with Gasteiger partial charge in [-0.25, -0.2) is 0 Å². The van der Waals surface area contributed by atoms with Gasteiger partial charge in [0.2, 0.25) is 0 Å². The van der Waals surface area contributed by atoms with Crippen LogP contribution in [0.1, 0.15) is 24.1 Å². The number of nitro groups is 1. The third-order valence-electron chi connectivity index (χ3n) is 3.10. The molecule has 0 saturated heterocycles. The quantitative estimate of drug-likeness (QED) is 0.510.